The molecular weight excluding hydrogens is 248 g/mol. The van der Waals surface area contributed by atoms with E-state index in [1.807, 2.05) is 0 Å². The molecule has 1 fully saturated rings. The van der Waals surface area contributed by atoms with E-state index in [9.17, 15) is 4.79 Å². The van der Waals surface area contributed by atoms with Crippen LogP contribution >= 0.6 is 0 Å². The summed E-state index contributed by atoms with van der Waals surface area (Å²) in [4.78, 5) is 12.3. The molecule has 1 aromatic rings. The van der Waals surface area contributed by atoms with Crippen LogP contribution in [0, 0.1) is 11.8 Å². The minimum Gasteiger partial charge on any atom is -0.354 e. The third-order valence-corrected chi connectivity index (χ3v) is 4.77. The third kappa shape index (κ3) is 3.04. The number of rotatable bonds is 3. The quantitative estimate of drug-likeness (QED) is 0.886. The number of hydrogen-bond acceptors (Lipinski definition) is 2. The molecular formula is C17H24N2O. The Labute approximate surface area is 121 Å². The van der Waals surface area contributed by atoms with Gasteiger partial charge < -0.3 is 10.6 Å². The van der Waals surface area contributed by atoms with Crippen LogP contribution in [0.1, 0.15) is 37.3 Å². The zero-order chi connectivity index (χ0) is 13.9. The number of benzene rings is 1. The van der Waals surface area contributed by atoms with Gasteiger partial charge in [0, 0.05) is 13.1 Å². The van der Waals surface area contributed by atoms with Crippen LogP contribution in [-0.4, -0.2) is 18.5 Å². The molecule has 1 amide bonds. The van der Waals surface area contributed by atoms with E-state index < -0.39 is 0 Å². The molecule has 20 heavy (non-hydrogen) atoms. The van der Waals surface area contributed by atoms with E-state index in [4.69, 9.17) is 0 Å². The molecule has 3 heteroatoms. The summed E-state index contributed by atoms with van der Waals surface area (Å²) in [7, 11) is 0. The number of nitrogens with one attached hydrogen (secondary N) is 2. The summed E-state index contributed by atoms with van der Waals surface area (Å²) >= 11 is 0. The van der Waals surface area contributed by atoms with Gasteiger partial charge in [0.05, 0.1) is 6.04 Å². The lowest BCUT2D eigenvalue weighted by molar-refractivity contribution is -0.123. The van der Waals surface area contributed by atoms with Gasteiger partial charge in [-0.15, -0.1) is 0 Å². The van der Waals surface area contributed by atoms with Crippen molar-refractivity contribution in [1.82, 2.24) is 10.6 Å². The minimum atomic E-state index is -0.0660. The first kappa shape index (κ1) is 13.6. The van der Waals surface area contributed by atoms with E-state index in [1.54, 1.807) is 0 Å². The SMILES string of the molecule is CC1CCC(CNC(=O)[C@H]2Cc3ccccc3CN2)C1. The number of hydrogen-bond donors (Lipinski definition) is 2. The lowest BCUT2D eigenvalue weighted by Gasteiger charge is -2.25. The van der Waals surface area contributed by atoms with E-state index in [-0.39, 0.29) is 11.9 Å². The van der Waals surface area contributed by atoms with Crippen LogP contribution in [0.3, 0.4) is 0 Å². The molecule has 0 saturated heterocycles. The first-order chi connectivity index (χ1) is 9.72. The molecule has 0 radical (unpaired) electrons. The number of carbonyl (C=O) groups excluding carboxylic acids is 1. The molecule has 1 aliphatic heterocycles. The molecule has 0 bridgehead atoms. The van der Waals surface area contributed by atoms with Crippen LogP contribution in [0.25, 0.3) is 0 Å². The van der Waals surface area contributed by atoms with Crippen LogP contribution in [0.4, 0.5) is 0 Å². The third-order valence-electron chi connectivity index (χ3n) is 4.77. The first-order valence-electron chi connectivity index (χ1n) is 7.80. The summed E-state index contributed by atoms with van der Waals surface area (Å²) in [5, 5.41) is 6.49. The monoisotopic (exact) mass is 272 g/mol. The van der Waals surface area contributed by atoms with E-state index in [2.05, 4.69) is 41.8 Å². The Morgan fingerprint density at radius 2 is 2.10 bits per heavy atom. The second-order valence-corrected chi connectivity index (χ2v) is 6.44. The summed E-state index contributed by atoms with van der Waals surface area (Å²) < 4.78 is 0. The summed E-state index contributed by atoms with van der Waals surface area (Å²) in [5.41, 5.74) is 2.63. The van der Waals surface area contributed by atoms with Gasteiger partial charge in [-0.25, -0.2) is 0 Å². The zero-order valence-corrected chi connectivity index (χ0v) is 12.2. The fraction of sp³-hybridized carbons (Fsp3) is 0.588. The topological polar surface area (TPSA) is 41.1 Å². The van der Waals surface area contributed by atoms with Crippen molar-refractivity contribution < 1.29 is 4.79 Å². The number of amides is 1. The van der Waals surface area contributed by atoms with Gasteiger partial charge in [-0.3, -0.25) is 4.79 Å². The van der Waals surface area contributed by atoms with Gasteiger partial charge in [-0.1, -0.05) is 37.6 Å². The van der Waals surface area contributed by atoms with E-state index >= 15 is 0 Å². The lowest BCUT2D eigenvalue weighted by Crippen LogP contribution is -2.48. The maximum Gasteiger partial charge on any atom is 0.237 e. The molecule has 1 saturated carbocycles. The predicted octanol–water partition coefficient (Wildman–Crippen LogP) is 2.25. The van der Waals surface area contributed by atoms with Crippen molar-refractivity contribution >= 4 is 5.91 Å². The average Bonchev–Trinajstić information content (AvgIpc) is 2.90. The highest BCUT2D eigenvalue weighted by molar-refractivity contribution is 5.82. The molecule has 1 aromatic carbocycles. The predicted molar refractivity (Wildman–Crippen MR) is 80.3 cm³/mol. The van der Waals surface area contributed by atoms with Crippen molar-refractivity contribution in [1.29, 1.82) is 0 Å². The van der Waals surface area contributed by atoms with E-state index in [0.29, 0.717) is 5.92 Å². The Bertz CT molecular complexity index is 486. The van der Waals surface area contributed by atoms with E-state index in [0.717, 1.165) is 25.4 Å². The Hall–Kier alpha value is -1.35. The molecule has 2 N–H and O–H groups in total. The van der Waals surface area contributed by atoms with Crippen molar-refractivity contribution in [3.8, 4) is 0 Å². The van der Waals surface area contributed by atoms with Gasteiger partial charge >= 0.3 is 0 Å². The average molecular weight is 272 g/mol. The van der Waals surface area contributed by atoms with Gasteiger partial charge in [0.25, 0.3) is 0 Å². The number of carbonyl (C=O) groups is 1. The maximum atomic E-state index is 12.3. The summed E-state index contributed by atoms with van der Waals surface area (Å²) in [6.45, 7) is 3.96. The molecule has 2 aliphatic rings. The first-order valence-corrected chi connectivity index (χ1v) is 7.80. The molecule has 108 valence electrons. The van der Waals surface area contributed by atoms with Crippen LogP contribution in [0.5, 0.6) is 0 Å². The molecule has 2 unspecified atom stereocenters. The van der Waals surface area contributed by atoms with Crippen LogP contribution in [0.2, 0.25) is 0 Å². The van der Waals surface area contributed by atoms with Gasteiger partial charge in [0.1, 0.15) is 0 Å². The normalized spacial score (nSPS) is 28.9. The summed E-state index contributed by atoms with van der Waals surface area (Å²) in [6.07, 6.45) is 4.66. The van der Waals surface area contributed by atoms with Gasteiger partial charge in [0.2, 0.25) is 5.91 Å². The van der Waals surface area contributed by atoms with Crippen molar-refractivity contribution in [3.05, 3.63) is 35.4 Å². The summed E-state index contributed by atoms with van der Waals surface area (Å²) in [6, 6.07) is 8.32. The Morgan fingerprint density at radius 1 is 1.30 bits per heavy atom. The minimum absolute atomic E-state index is 0.0660. The highest BCUT2D eigenvalue weighted by Gasteiger charge is 2.26. The molecule has 3 nitrogen and oxygen atoms in total. The Morgan fingerprint density at radius 3 is 2.85 bits per heavy atom. The largest absolute Gasteiger partial charge is 0.354 e. The molecule has 0 spiro atoms. The fourth-order valence-electron chi connectivity index (χ4n) is 3.52. The van der Waals surface area contributed by atoms with Crippen molar-refractivity contribution in [2.45, 2.75) is 45.2 Å². The standard InChI is InChI=1S/C17H24N2O/c1-12-6-7-13(8-12)10-19-17(20)16-9-14-4-2-3-5-15(14)11-18-16/h2-5,12-13,16,18H,6-11H2,1H3,(H,19,20)/t12?,13?,16-/m1/s1. The van der Waals surface area contributed by atoms with Gasteiger partial charge in [-0.2, -0.15) is 0 Å². The van der Waals surface area contributed by atoms with Gasteiger partial charge in [-0.05, 0) is 42.2 Å². The molecule has 0 aromatic heterocycles. The highest BCUT2D eigenvalue weighted by Crippen LogP contribution is 2.29. The second kappa shape index (κ2) is 5.96. The Kier molecular flexibility index (Phi) is 4.06. The van der Waals surface area contributed by atoms with Gasteiger partial charge in [0.15, 0.2) is 0 Å². The van der Waals surface area contributed by atoms with Crippen LogP contribution in [-0.2, 0) is 17.8 Å². The van der Waals surface area contributed by atoms with E-state index in [1.165, 1.54) is 30.4 Å². The zero-order valence-electron chi connectivity index (χ0n) is 12.2. The summed E-state index contributed by atoms with van der Waals surface area (Å²) in [5.74, 6) is 1.68. The maximum absolute atomic E-state index is 12.3. The van der Waals surface area contributed by atoms with Crippen molar-refractivity contribution in [2.75, 3.05) is 6.54 Å². The molecule has 3 rings (SSSR count). The molecule has 1 heterocycles. The second-order valence-electron chi connectivity index (χ2n) is 6.44. The highest BCUT2D eigenvalue weighted by atomic mass is 16.2. The Balaban J connectivity index is 1.51. The van der Waals surface area contributed by atoms with Crippen molar-refractivity contribution in [2.24, 2.45) is 11.8 Å². The van der Waals surface area contributed by atoms with Crippen molar-refractivity contribution in [3.63, 3.8) is 0 Å². The smallest absolute Gasteiger partial charge is 0.237 e. The fourth-order valence-corrected chi connectivity index (χ4v) is 3.52. The van der Waals surface area contributed by atoms with Crippen LogP contribution < -0.4 is 10.6 Å². The number of fused-ring (bicyclic) bond motifs is 1. The lowest BCUT2D eigenvalue weighted by atomic mass is 9.95. The molecule has 1 aliphatic carbocycles. The van der Waals surface area contributed by atoms with Crippen LogP contribution in [0.15, 0.2) is 24.3 Å². The molecule has 3 atom stereocenters.